The van der Waals surface area contributed by atoms with E-state index in [1.165, 1.54) is 231 Å². The topological polar surface area (TPSA) is 26.3 Å². The van der Waals surface area contributed by atoms with Gasteiger partial charge in [-0.05, 0) is 128 Å². The van der Waals surface area contributed by atoms with Crippen LogP contribution in [0.1, 0.15) is 331 Å². The molecule has 0 saturated heterocycles. The first-order valence-corrected chi connectivity index (χ1v) is 30.8. The molecule has 0 radical (unpaired) electrons. The number of allylic oxidation sites excluding steroid dienone is 14. The molecule has 0 rings (SSSR count). The van der Waals surface area contributed by atoms with Crippen LogP contribution in [0, 0.1) is 0 Å². The number of hydrogen-bond acceptors (Lipinski definition) is 2. The highest BCUT2D eigenvalue weighted by Crippen LogP contribution is 2.11. The number of hydrogen-bond donors (Lipinski definition) is 0. The van der Waals surface area contributed by atoms with Crippen LogP contribution in [-0.2, 0) is 9.53 Å². The van der Waals surface area contributed by atoms with E-state index in [9.17, 15) is 4.79 Å². The van der Waals surface area contributed by atoms with Crippen molar-refractivity contribution in [2.24, 2.45) is 0 Å². The summed E-state index contributed by atoms with van der Waals surface area (Å²) in [7, 11) is 0. The van der Waals surface area contributed by atoms with Crippen molar-refractivity contribution in [3.8, 4) is 0 Å². The summed E-state index contributed by atoms with van der Waals surface area (Å²) in [6.45, 7) is 18.4. The van der Waals surface area contributed by atoms with Crippen LogP contribution in [0.15, 0.2) is 85.1 Å². The van der Waals surface area contributed by atoms with Crippen LogP contribution in [0.3, 0.4) is 0 Å². The minimum atomic E-state index is -0.0301. The summed E-state index contributed by atoms with van der Waals surface area (Å²) in [5, 5.41) is 0. The van der Waals surface area contributed by atoms with Crippen LogP contribution in [0.25, 0.3) is 0 Å². The Bertz CT molecular complexity index is 1090. The van der Waals surface area contributed by atoms with Crippen molar-refractivity contribution < 1.29 is 9.53 Å². The minimum absolute atomic E-state index is 0.0301. The summed E-state index contributed by atoms with van der Waals surface area (Å²) >= 11 is 0. The maximum absolute atomic E-state index is 11.3. The Balaban J connectivity index is -0.000000417. The lowest BCUT2D eigenvalue weighted by Gasteiger charge is -2.02. The smallest absolute Gasteiger partial charge is 0.305 e. The summed E-state index contributed by atoms with van der Waals surface area (Å²) in [5.41, 5.74) is 0. The molecular formula is C67H126O2. The van der Waals surface area contributed by atoms with E-state index in [2.05, 4.69) is 134 Å². The van der Waals surface area contributed by atoms with Crippen molar-refractivity contribution >= 4 is 5.97 Å². The molecule has 0 heterocycles. The molecule has 0 aromatic rings. The quantitative estimate of drug-likeness (QED) is 0.0345. The Labute approximate surface area is 436 Å². The minimum Gasteiger partial charge on any atom is -0.466 e. The van der Waals surface area contributed by atoms with E-state index >= 15 is 0 Å². The molecule has 0 spiro atoms. The second-order valence-corrected chi connectivity index (χ2v) is 19.4. The number of ether oxygens (including phenoxy) is 1. The van der Waals surface area contributed by atoms with E-state index in [0.717, 1.165) is 38.5 Å². The fraction of sp³-hybridized carbons (Fsp3) is 0.776. The van der Waals surface area contributed by atoms with Gasteiger partial charge in [0.2, 0.25) is 0 Å². The zero-order chi connectivity index (χ0) is 51.3. The van der Waals surface area contributed by atoms with Crippen molar-refractivity contribution in [1.29, 1.82) is 0 Å². The van der Waals surface area contributed by atoms with Crippen LogP contribution in [0.5, 0.6) is 0 Å². The van der Waals surface area contributed by atoms with Gasteiger partial charge >= 0.3 is 5.97 Å². The molecule has 0 saturated carbocycles. The number of rotatable bonds is 48. The molecule has 0 aliphatic carbocycles. The van der Waals surface area contributed by atoms with Gasteiger partial charge in [-0.3, -0.25) is 4.79 Å². The van der Waals surface area contributed by atoms with Gasteiger partial charge in [0.05, 0.1) is 6.61 Å². The highest BCUT2D eigenvalue weighted by molar-refractivity contribution is 5.69. The van der Waals surface area contributed by atoms with Gasteiger partial charge in [-0.1, -0.05) is 282 Å². The zero-order valence-corrected chi connectivity index (χ0v) is 48.5. The Morgan fingerprint density at radius 3 is 0.783 bits per heavy atom. The highest BCUT2D eigenvalue weighted by Gasteiger charge is 2.01. The molecule has 2 heteroatoms. The number of esters is 1. The van der Waals surface area contributed by atoms with E-state index in [0.29, 0.717) is 13.0 Å². The average molecular weight is 964 g/mol. The van der Waals surface area contributed by atoms with Gasteiger partial charge in [-0.15, -0.1) is 0 Å². The normalized spacial score (nSPS) is 11.7. The maximum Gasteiger partial charge on any atom is 0.305 e. The second-order valence-electron chi connectivity index (χ2n) is 19.4. The van der Waals surface area contributed by atoms with E-state index in [4.69, 9.17) is 4.74 Å². The third-order valence-corrected chi connectivity index (χ3v) is 12.0. The van der Waals surface area contributed by atoms with Crippen LogP contribution >= 0.6 is 0 Å². The summed E-state index contributed by atoms with van der Waals surface area (Å²) in [4.78, 5) is 11.3. The van der Waals surface area contributed by atoms with Gasteiger partial charge in [0.15, 0.2) is 0 Å². The van der Waals surface area contributed by atoms with Gasteiger partial charge in [0.1, 0.15) is 0 Å². The van der Waals surface area contributed by atoms with E-state index in [-0.39, 0.29) is 5.97 Å². The van der Waals surface area contributed by atoms with Crippen LogP contribution in [0.4, 0.5) is 0 Å². The Morgan fingerprint density at radius 2 is 0.478 bits per heavy atom. The van der Waals surface area contributed by atoms with Crippen molar-refractivity contribution in [1.82, 2.24) is 0 Å². The summed E-state index contributed by atoms with van der Waals surface area (Å²) < 4.78 is 5.06. The molecule has 0 aromatic carbocycles. The summed E-state index contributed by atoms with van der Waals surface area (Å²) in [6.07, 6.45) is 87.5. The molecule has 0 aromatic heterocycles. The van der Waals surface area contributed by atoms with E-state index in [1.54, 1.807) is 0 Å². The fourth-order valence-corrected chi connectivity index (χ4v) is 7.41. The molecule has 406 valence electrons. The van der Waals surface area contributed by atoms with Crippen LogP contribution < -0.4 is 0 Å². The molecule has 69 heavy (non-hydrogen) atoms. The van der Waals surface area contributed by atoms with Gasteiger partial charge in [-0.25, -0.2) is 0 Å². The summed E-state index contributed by atoms with van der Waals surface area (Å²) in [5.74, 6) is -0.0301. The molecule has 2 nitrogen and oxygen atoms in total. The van der Waals surface area contributed by atoms with Crippen LogP contribution in [-0.4, -0.2) is 12.6 Å². The molecule has 0 atom stereocenters. The van der Waals surface area contributed by atoms with E-state index < -0.39 is 0 Å². The van der Waals surface area contributed by atoms with Crippen molar-refractivity contribution in [3.05, 3.63) is 85.1 Å². The standard InChI is InChI=1S/C21H38O2.C17H34.C16H30.C13H24/c1-3-5-6-7-8-9-10-11-12-13-14-15-16-17-18-19-21(22)23-20-4-2;1-3-5-7-9-11-13-15-17-16-14-12-10-8-6-4-2;1-3-5-7-9-11-13-15-16-14-12-10-8-6-4-2;1-3-5-7-9-11-13-12-10-8-6-4-2/h8-9,11-12H,3-7,10,13-20H2,1-2H3;15,17H,3-14,16H2,1-2H3;11,13-14,16H,3-10,12,15H2,1-2H3;7,9,12-13H,3-6,8,10-11H2,1-2H3/b9-8+,12-11+;17-15+;13-11+,16-14-;9-7+,13-12+. The average Bonchev–Trinajstić information content (AvgIpc) is 3.36. The molecule has 0 aliphatic heterocycles. The molecule has 0 fully saturated rings. The Kier molecular flexibility index (Phi) is 81.8. The maximum atomic E-state index is 11.3. The first kappa shape index (κ1) is 73.2. The number of unbranched alkanes of at least 4 members (excludes halogenated alkanes) is 30. The largest absolute Gasteiger partial charge is 0.466 e. The van der Waals surface area contributed by atoms with Crippen LogP contribution in [0.2, 0.25) is 0 Å². The third kappa shape index (κ3) is 85.9. The molecule has 0 aliphatic rings. The van der Waals surface area contributed by atoms with Gasteiger partial charge in [0, 0.05) is 6.42 Å². The third-order valence-electron chi connectivity index (χ3n) is 12.0. The zero-order valence-electron chi connectivity index (χ0n) is 48.5. The van der Waals surface area contributed by atoms with Gasteiger partial charge < -0.3 is 4.74 Å². The summed E-state index contributed by atoms with van der Waals surface area (Å²) in [6, 6.07) is 0. The molecular weight excluding hydrogens is 837 g/mol. The van der Waals surface area contributed by atoms with Crippen molar-refractivity contribution in [3.63, 3.8) is 0 Å². The SMILES string of the molecule is CCC/C=C/C/C=C/CCCCC.CCCCC/C=C/C/C=C/CCCCCCCC(=O)OCCC.CCCCC/C=C/C/C=C\CCCCCC.CCCCCCC/C=C/CCCCCCCC. The van der Waals surface area contributed by atoms with Gasteiger partial charge in [-0.2, -0.15) is 0 Å². The van der Waals surface area contributed by atoms with Gasteiger partial charge in [0.25, 0.3) is 0 Å². The molecule has 0 bridgehead atoms. The first-order valence-electron chi connectivity index (χ1n) is 30.8. The molecule has 0 N–H and O–H groups in total. The van der Waals surface area contributed by atoms with Crippen molar-refractivity contribution in [2.45, 2.75) is 331 Å². The lowest BCUT2D eigenvalue weighted by Crippen LogP contribution is -2.04. The van der Waals surface area contributed by atoms with Crippen molar-refractivity contribution in [2.75, 3.05) is 6.61 Å². The van der Waals surface area contributed by atoms with E-state index in [1.807, 2.05) is 6.92 Å². The fourth-order valence-electron chi connectivity index (χ4n) is 7.41. The lowest BCUT2D eigenvalue weighted by molar-refractivity contribution is -0.143. The molecule has 0 amide bonds. The molecule has 0 unspecified atom stereocenters. The predicted octanol–water partition coefficient (Wildman–Crippen LogP) is 24.3. The Morgan fingerprint density at radius 1 is 0.246 bits per heavy atom. The lowest BCUT2D eigenvalue weighted by atomic mass is 10.1. The predicted molar refractivity (Wildman–Crippen MR) is 319 cm³/mol. The first-order chi connectivity index (χ1) is 34.1. The number of carbonyl (C=O) groups excluding carboxylic acids is 1. The number of carbonyl (C=O) groups is 1. The Hall–Kier alpha value is -2.35. The highest BCUT2D eigenvalue weighted by atomic mass is 16.5. The monoisotopic (exact) mass is 963 g/mol. The second kappa shape index (κ2) is 77.1.